The van der Waals surface area contributed by atoms with Gasteiger partial charge in [-0.3, -0.25) is 4.72 Å². The van der Waals surface area contributed by atoms with Crippen LogP contribution < -0.4 is 14.2 Å². The van der Waals surface area contributed by atoms with Crippen molar-refractivity contribution in [1.29, 1.82) is 0 Å². The number of halogens is 5. The fourth-order valence-electron chi connectivity index (χ4n) is 3.17. The second kappa shape index (κ2) is 9.16. The Bertz CT molecular complexity index is 1080. The minimum absolute atomic E-state index is 0.0527. The van der Waals surface area contributed by atoms with Crippen molar-refractivity contribution in [2.75, 3.05) is 32.0 Å². The second-order valence-corrected chi connectivity index (χ2v) is 10.4. The maximum Gasteiger partial charge on any atom is 0.419 e. The van der Waals surface area contributed by atoms with Crippen LogP contribution in [0.5, 0.6) is 11.5 Å². The van der Waals surface area contributed by atoms with Crippen molar-refractivity contribution in [1.82, 2.24) is 4.90 Å². The van der Waals surface area contributed by atoms with E-state index in [1.165, 1.54) is 19.2 Å². The van der Waals surface area contributed by atoms with Crippen molar-refractivity contribution in [2.45, 2.75) is 23.6 Å². The van der Waals surface area contributed by atoms with Crippen LogP contribution >= 0.6 is 31.9 Å². The van der Waals surface area contributed by atoms with Gasteiger partial charge < -0.3 is 14.4 Å². The third-order valence-electron chi connectivity index (χ3n) is 4.68. The molecule has 0 saturated carbocycles. The number of nitrogens with zero attached hydrogens (tertiary/aromatic N) is 1. The molecule has 3 rings (SSSR count). The molecule has 0 amide bonds. The summed E-state index contributed by atoms with van der Waals surface area (Å²) in [7, 11) is -0.900. The third kappa shape index (κ3) is 5.65. The lowest BCUT2D eigenvalue weighted by molar-refractivity contribution is -0.139. The van der Waals surface area contributed by atoms with E-state index in [0.717, 1.165) is 18.2 Å². The van der Waals surface area contributed by atoms with Crippen molar-refractivity contribution in [3.05, 3.63) is 44.8 Å². The number of alkyl halides is 3. The summed E-state index contributed by atoms with van der Waals surface area (Å²) in [5.74, 6) is -0.133. The normalized spacial score (nSPS) is 17.6. The summed E-state index contributed by atoms with van der Waals surface area (Å²) < 4.78 is 80.0. The Balaban J connectivity index is 1.95. The van der Waals surface area contributed by atoms with Crippen LogP contribution in [0.25, 0.3) is 0 Å². The Hall–Kier alpha value is -1.50. The van der Waals surface area contributed by atoms with Crippen LogP contribution in [0.3, 0.4) is 0 Å². The summed E-state index contributed by atoms with van der Waals surface area (Å²) >= 11 is 6.45. The molecule has 0 bridgehead atoms. The Morgan fingerprint density at radius 2 is 1.84 bits per heavy atom. The maximum atomic E-state index is 13.5. The van der Waals surface area contributed by atoms with E-state index in [4.69, 9.17) is 9.47 Å². The summed E-state index contributed by atoms with van der Waals surface area (Å²) in [5.41, 5.74) is -1.01. The van der Waals surface area contributed by atoms with Gasteiger partial charge in [0, 0.05) is 29.7 Å². The molecule has 2 aromatic rings. The van der Waals surface area contributed by atoms with Crippen LogP contribution in [0.2, 0.25) is 0 Å². The highest BCUT2D eigenvalue weighted by atomic mass is 79.9. The summed E-state index contributed by atoms with van der Waals surface area (Å²) in [5, 5.41) is 0. The minimum Gasteiger partial charge on any atom is -0.496 e. The number of likely N-dealkylation sites (N-methyl/N-ethyl adjacent to an activating group) is 1. The molecular weight excluding hydrogens is 569 g/mol. The molecule has 1 aliphatic rings. The molecule has 1 atom stereocenters. The van der Waals surface area contributed by atoms with Crippen molar-refractivity contribution in [3.63, 3.8) is 0 Å². The molecule has 1 N–H and O–H groups in total. The average molecular weight is 588 g/mol. The van der Waals surface area contributed by atoms with E-state index in [9.17, 15) is 21.6 Å². The molecule has 0 radical (unpaired) electrons. The number of sulfonamides is 1. The van der Waals surface area contributed by atoms with Gasteiger partial charge in [-0.1, -0.05) is 0 Å². The molecule has 2 aromatic carbocycles. The number of likely N-dealkylation sites (tertiary alicyclic amines) is 1. The Morgan fingerprint density at radius 3 is 2.42 bits per heavy atom. The number of anilines is 1. The van der Waals surface area contributed by atoms with Gasteiger partial charge in [0.15, 0.2) is 0 Å². The Kier molecular flexibility index (Phi) is 7.14. The lowest BCUT2D eigenvalue weighted by Crippen LogP contribution is -2.23. The third-order valence-corrected chi connectivity index (χ3v) is 7.64. The van der Waals surface area contributed by atoms with Gasteiger partial charge in [-0.2, -0.15) is 13.2 Å². The quantitative estimate of drug-likeness (QED) is 0.508. The van der Waals surface area contributed by atoms with Crippen LogP contribution in [0.15, 0.2) is 44.2 Å². The van der Waals surface area contributed by atoms with Crippen molar-refractivity contribution in [2.24, 2.45) is 0 Å². The van der Waals surface area contributed by atoms with Crippen LogP contribution in [0.1, 0.15) is 12.0 Å². The summed E-state index contributed by atoms with van der Waals surface area (Å²) in [6.45, 7) is 1.19. The van der Waals surface area contributed by atoms with Crippen molar-refractivity contribution < 1.29 is 31.1 Å². The number of methoxy groups -OCH3 is 1. The first-order valence-corrected chi connectivity index (χ1v) is 12.1. The largest absolute Gasteiger partial charge is 0.496 e. The zero-order valence-electron chi connectivity index (χ0n) is 16.5. The molecule has 0 aliphatic carbocycles. The van der Waals surface area contributed by atoms with Gasteiger partial charge in [-0.25, -0.2) is 8.42 Å². The zero-order valence-corrected chi connectivity index (χ0v) is 20.5. The van der Waals surface area contributed by atoms with E-state index in [-0.39, 0.29) is 20.8 Å². The lowest BCUT2D eigenvalue weighted by atomic mass is 10.1. The molecule has 1 heterocycles. The first-order valence-electron chi connectivity index (χ1n) is 9.03. The summed E-state index contributed by atoms with van der Waals surface area (Å²) in [6, 6.07) is 5.72. The lowest BCUT2D eigenvalue weighted by Gasteiger charge is -2.20. The van der Waals surface area contributed by atoms with Gasteiger partial charge in [0.2, 0.25) is 0 Å². The molecule has 6 nitrogen and oxygen atoms in total. The predicted octanol–water partition coefficient (Wildman–Crippen LogP) is 5.12. The van der Waals surface area contributed by atoms with Crippen LogP contribution in [-0.2, 0) is 16.2 Å². The van der Waals surface area contributed by atoms with E-state index in [1.54, 1.807) is 0 Å². The zero-order chi connectivity index (χ0) is 23.0. The van der Waals surface area contributed by atoms with E-state index in [1.807, 2.05) is 11.9 Å². The number of hydrogen-bond acceptors (Lipinski definition) is 5. The molecule has 12 heteroatoms. The summed E-state index contributed by atoms with van der Waals surface area (Å²) in [4.78, 5) is 1.82. The topological polar surface area (TPSA) is 67.9 Å². The minimum atomic E-state index is -4.64. The van der Waals surface area contributed by atoms with Gasteiger partial charge in [0.05, 0.1) is 22.8 Å². The van der Waals surface area contributed by atoms with Crippen LogP contribution in [0.4, 0.5) is 18.9 Å². The molecule has 170 valence electrons. The van der Waals surface area contributed by atoms with Crippen LogP contribution in [0, 0.1) is 0 Å². The highest BCUT2D eigenvalue weighted by Gasteiger charge is 2.36. The molecule has 0 aromatic heterocycles. The first kappa shape index (κ1) is 24.1. The van der Waals surface area contributed by atoms with Gasteiger partial charge >= 0.3 is 6.18 Å². The highest BCUT2D eigenvalue weighted by Crippen LogP contribution is 2.40. The number of nitrogens with one attached hydrogen (secondary N) is 1. The number of ether oxygens (including phenoxy) is 2. The standard InChI is InChI=1S/C19H19Br2F3N2O4S/c1-26-6-5-12(10-26)30-16-7-11(3-4-13(16)19(22,23)24)25-31(27,28)18-9-17(29-2)14(20)8-15(18)21/h3-4,7-9,12,25H,5-6,10H2,1-2H3. The predicted molar refractivity (Wildman–Crippen MR) is 117 cm³/mol. The van der Waals surface area contributed by atoms with E-state index in [2.05, 4.69) is 36.6 Å². The second-order valence-electron chi connectivity index (χ2n) is 7.02. The van der Waals surface area contributed by atoms with E-state index >= 15 is 0 Å². The molecule has 1 fully saturated rings. The molecule has 31 heavy (non-hydrogen) atoms. The van der Waals surface area contributed by atoms with Gasteiger partial charge in [-0.05, 0) is 63.5 Å². The monoisotopic (exact) mass is 586 g/mol. The summed E-state index contributed by atoms with van der Waals surface area (Å²) in [6.07, 6.45) is -4.47. The molecule has 1 saturated heterocycles. The van der Waals surface area contributed by atoms with Crippen molar-refractivity contribution >= 4 is 47.6 Å². The van der Waals surface area contributed by atoms with Gasteiger partial charge in [-0.15, -0.1) is 0 Å². The van der Waals surface area contributed by atoms with Crippen molar-refractivity contribution in [3.8, 4) is 11.5 Å². The molecular formula is C19H19Br2F3N2O4S. The number of rotatable bonds is 6. The van der Waals surface area contributed by atoms with E-state index in [0.29, 0.717) is 24.0 Å². The smallest absolute Gasteiger partial charge is 0.419 e. The van der Waals surface area contributed by atoms with Gasteiger partial charge in [0.25, 0.3) is 10.0 Å². The highest BCUT2D eigenvalue weighted by molar-refractivity contribution is 9.11. The first-order chi connectivity index (χ1) is 14.4. The molecule has 0 spiro atoms. The Morgan fingerprint density at radius 1 is 1.13 bits per heavy atom. The maximum absolute atomic E-state index is 13.5. The fourth-order valence-corrected chi connectivity index (χ4v) is 6.09. The van der Waals surface area contributed by atoms with E-state index < -0.39 is 33.6 Å². The molecule has 1 aliphatic heterocycles. The van der Waals surface area contributed by atoms with Crippen LogP contribution in [-0.4, -0.2) is 46.7 Å². The number of hydrogen-bond donors (Lipinski definition) is 1. The SMILES string of the molecule is COc1cc(S(=O)(=O)Nc2ccc(C(F)(F)F)c(OC3CCN(C)C3)c2)c(Br)cc1Br. The number of benzene rings is 2. The molecule has 1 unspecified atom stereocenters. The Labute approximate surface area is 195 Å². The average Bonchev–Trinajstić information content (AvgIpc) is 3.05. The fraction of sp³-hybridized carbons (Fsp3) is 0.368. The van der Waals surface area contributed by atoms with Gasteiger partial charge in [0.1, 0.15) is 22.5 Å².